The van der Waals surface area contributed by atoms with Gasteiger partial charge in [0.1, 0.15) is 5.82 Å². The molecule has 21 heavy (non-hydrogen) atoms. The number of nitrogens with zero attached hydrogens (tertiary/aromatic N) is 1. The zero-order chi connectivity index (χ0) is 14.8. The molecule has 4 heteroatoms. The average molecular weight is 279 g/mol. The number of aromatic nitrogens is 2. The van der Waals surface area contributed by atoms with E-state index in [1.54, 1.807) is 6.07 Å². The van der Waals surface area contributed by atoms with Gasteiger partial charge in [0.05, 0.1) is 17.4 Å². The van der Waals surface area contributed by atoms with Crippen molar-refractivity contribution in [2.75, 3.05) is 5.32 Å². The highest BCUT2D eigenvalue weighted by atomic mass is 16.1. The summed E-state index contributed by atoms with van der Waals surface area (Å²) in [5.41, 5.74) is 4.06. The van der Waals surface area contributed by atoms with Crippen molar-refractivity contribution < 1.29 is 0 Å². The first-order valence-electron chi connectivity index (χ1n) is 6.92. The van der Waals surface area contributed by atoms with E-state index in [-0.39, 0.29) is 5.56 Å². The summed E-state index contributed by atoms with van der Waals surface area (Å²) in [7, 11) is 0. The number of rotatable bonds is 3. The molecule has 0 amide bonds. The first kappa shape index (κ1) is 13.4. The number of aromatic amines is 1. The second kappa shape index (κ2) is 5.40. The van der Waals surface area contributed by atoms with Crippen LogP contribution >= 0.6 is 0 Å². The van der Waals surface area contributed by atoms with Crippen LogP contribution in [0.1, 0.15) is 17.0 Å². The van der Waals surface area contributed by atoms with Gasteiger partial charge in [0.25, 0.3) is 5.56 Å². The molecular formula is C17H17N3O. The van der Waals surface area contributed by atoms with E-state index in [1.807, 2.05) is 18.2 Å². The number of para-hydroxylation sites is 1. The van der Waals surface area contributed by atoms with Gasteiger partial charge in [-0.3, -0.25) is 4.79 Å². The van der Waals surface area contributed by atoms with Crippen LogP contribution in [0.4, 0.5) is 5.69 Å². The van der Waals surface area contributed by atoms with Crippen LogP contribution in [-0.4, -0.2) is 9.97 Å². The summed E-state index contributed by atoms with van der Waals surface area (Å²) in [6.45, 7) is 4.62. The number of H-pyrrole nitrogens is 1. The van der Waals surface area contributed by atoms with Gasteiger partial charge in [-0.25, -0.2) is 4.98 Å². The third-order valence-electron chi connectivity index (χ3n) is 3.34. The molecule has 0 saturated carbocycles. The Kier molecular flexibility index (Phi) is 3.44. The fourth-order valence-electron chi connectivity index (χ4n) is 2.48. The summed E-state index contributed by atoms with van der Waals surface area (Å²) in [6, 6.07) is 13.6. The molecule has 0 aliphatic carbocycles. The van der Waals surface area contributed by atoms with Crippen molar-refractivity contribution in [3.63, 3.8) is 0 Å². The highest BCUT2D eigenvalue weighted by Gasteiger charge is 2.03. The second-order valence-electron chi connectivity index (χ2n) is 5.26. The van der Waals surface area contributed by atoms with Gasteiger partial charge in [-0.1, -0.05) is 18.2 Å². The van der Waals surface area contributed by atoms with Crippen LogP contribution in [0, 0.1) is 13.8 Å². The van der Waals surface area contributed by atoms with Crippen molar-refractivity contribution in [3.05, 3.63) is 69.8 Å². The molecule has 0 spiro atoms. The number of nitrogens with one attached hydrogen (secondary N) is 2. The SMILES string of the molecule is Cc1cc(C)cc(NCc2nc3ccccc3c(=O)[nH]2)c1. The summed E-state index contributed by atoms with van der Waals surface area (Å²) in [6.07, 6.45) is 0. The first-order valence-corrected chi connectivity index (χ1v) is 6.92. The summed E-state index contributed by atoms with van der Waals surface area (Å²) in [5.74, 6) is 0.637. The molecule has 4 nitrogen and oxygen atoms in total. The number of hydrogen-bond acceptors (Lipinski definition) is 3. The van der Waals surface area contributed by atoms with Crippen molar-refractivity contribution in [2.24, 2.45) is 0 Å². The van der Waals surface area contributed by atoms with Gasteiger partial charge in [-0.15, -0.1) is 0 Å². The van der Waals surface area contributed by atoms with Crippen molar-refractivity contribution >= 4 is 16.6 Å². The molecule has 1 aromatic heterocycles. The third-order valence-corrected chi connectivity index (χ3v) is 3.34. The zero-order valence-electron chi connectivity index (χ0n) is 12.1. The molecular weight excluding hydrogens is 262 g/mol. The molecule has 106 valence electrons. The van der Waals surface area contributed by atoms with E-state index < -0.39 is 0 Å². The highest BCUT2D eigenvalue weighted by molar-refractivity contribution is 5.77. The van der Waals surface area contributed by atoms with Gasteiger partial charge in [0.15, 0.2) is 0 Å². The van der Waals surface area contributed by atoms with Gasteiger partial charge in [-0.2, -0.15) is 0 Å². The normalized spacial score (nSPS) is 10.8. The Balaban J connectivity index is 1.86. The molecule has 0 radical (unpaired) electrons. The highest BCUT2D eigenvalue weighted by Crippen LogP contribution is 2.14. The van der Waals surface area contributed by atoms with Crippen LogP contribution in [-0.2, 0) is 6.54 Å². The lowest BCUT2D eigenvalue weighted by Gasteiger charge is -2.08. The molecule has 1 heterocycles. The molecule has 2 N–H and O–H groups in total. The summed E-state index contributed by atoms with van der Waals surface area (Å²) < 4.78 is 0. The molecule has 3 aromatic rings. The maximum Gasteiger partial charge on any atom is 0.258 e. The molecule has 0 atom stereocenters. The van der Waals surface area contributed by atoms with Crippen molar-refractivity contribution in [1.82, 2.24) is 9.97 Å². The van der Waals surface area contributed by atoms with E-state index in [0.29, 0.717) is 17.8 Å². The van der Waals surface area contributed by atoms with Gasteiger partial charge in [-0.05, 0) is 49.2 Å². The largest absolute Gasteiger partial charge is 0.378 e. The van der Waals surface area contributed by atoms with E-state index in [0.717, 1.165) is 11.2 Å². The van der Waals surface area contributed by atoms with Crippen molar-refractivity contribution in [1.29, 1.82) is 0 Å². The standard InChI is InChI=1S/C17H17N3O/c1-11-7-12(2)9-13(8-11)18-10-16-19-15-6-4-3-5-14(15)17(21)20-16/h3-9,18H,10H2,1-2H3,(H,19,20,21). The van der Waals surface area contributed by atoms with E-state index >= 15 is 0 Å². The predicted molar refractivity (Wildman–Crippen MR) is 85.6 cm³/mol. The lowest BCUT2D eigenvalue weighted by molar-refractivity contribution is 0.952. The third kappa shape index (κ3) is 2.94. The van der Waals surface area contributed by atoms with Crippen molar-refractivity contribution in [2.45, 2.75) is 20.4 Å². The Morgan fingerprint density at radius 2 is 1.81 bits per heavy atom. The van der Waals surface area contributed by atoms with Gasteiger partial charge in [0, 0.05) is 5.69 Å². The molecule has 0 fully saturated rings. The fourth-order valence-corrected chi connectivity index (χ4v) is 2.48. The topological polar surface area (TPSA) is 57.8 Å². The molecule has 0 saturated heterocycles. The quantitative estimate of drug-likeness (QED) is 0.774. The Bertz CT molecular complexity index is 832. The Hall–Kier alpha value is -2.62. The Morgan fingerprint density at radius 1 is 1.10 bits per heavy atom. The molecule has 2 aromatic carbocycles. The number of hydrogen-bond donors (Lipinski definition) is 2. The molecule has 0 bridgehead atoms. The summed E-state index contributed by atoms with van der Waals surface area (Å²) in [4.78, 5) is 19.3. The van der Waals surface area contributed by atoms with Crippen LogP contribution < -0.4 is 10.9 Å². The molecule has 0 aliphatic rings. The van der Waals surface area contributed by atoms with E-state index in [2.05, 4.69) is 47.3 Å². The minimum Gasteiger partial charge on any atom is -0.378 e. The molecule has 3 rings (SSSR count). The van der Waals surface area contributed by atoms with E-state index in [4.69, 9.17) is 0 Å². The predicted octanol–water partition coefficient (Wildman–Crippen LogP) is 3.15. The van der Waals surface area contributed by atoms with Gasteiger partial charge in [0.2, 0.25) is 0 Å². The first-order chi connectivity index (χ1) is 10.1. The van der Waals surface area contributed by atoms with Crippen LogP contribution in [0.25, 0.3) is 10.9 Å². The lowest BCUT2D eigenvalue weighted by Crippen LogP contribution is -2.14. The van der Waals surface area contributed by atoms with E-state index in [1.165, 1.54) is 11.1 Å². The second-order valence-corrected chi connectivity index (χ2v) is 5.26. The molecule has 0 unspecified atom stereocenters. The number of fused-ring (bicyclic) bond motifs is 1. The zero-order valence-corrected chi connectivity index (χ0v) is 12.1. The monoisotopic (exact) mass is 279 g/mol. The lowest BCUT2D eigenvalue weighted by atomic mass is 10.1. The molecule has 0 aliphatic heterocycles. The summed E-state index contributed by atoms with van der Waals surface area (Å²) in [5, 5.41) is 3.92. The van der Waals surface area contributed by atoms with E-state index in [9.17, 15) is 4.79 Å². The summed E-state index contributed by atoms with van der Waals surface area (Å²) >= 11 is 0. The minimum absolute atomic E-state index is 0.0992. The maximum atomic E-state index is 12.0. The number of anilines is 1. The Morgan fingerprint density at radius 3 is 2.57 bits per heavy atom. The van der Waals surface area contributed by atoms with Gasteiger partial charge < -0.3 is 10.3 Å². The van der Waals surface area contributed by atoms with Crippen molar-refractivity contribution in [3.8, 4) is 0 Å². The number of benzene rings is 2. The van der Waals surface area contributed by atoms with Crippen LogP contribution in [0.2, 0.25) is 0 Å². The smallest absolute Gasteiger partial charge is 0.258 e. The fraction of sp³-hybridized carbons (Fsp3) is 0.176. The Labute approximate surface area is 122 Å². The van der Waals surface area contributed by atoms with Gasteiger partial charge >= 0.3 is 0 Å². The average Bonchev–Trinajstić information content (AvgIpc) is 2.44. The van der Waals surface area contributed by atoms with Crippen LogP contribution in [0.15, 0.2) is 47.3 Å². The number of aryl methyl sites for hydroxylation is 2. The minimum atomic E-state index is -0.0992. The van der Waals surface area contributed by atoms with Crippen LogP contribution in [0.3, 0.4) is 0 Å². The maximum absolute atomic E-state index is 12.0. The van der Waals surface area contributed by atoms with Crippen LogP contribution in [0.5, 0.6) is 0 Å².